The summed E-state index contributed by atoms with van der Waals surface area (Å²) in [6.45, 7) is 5.01. The summed E-state index contributed by atoms with van der Waals surface area (Å²) in [4.78, 5) is 38.8. The molecule has 3 rings (SSSR count). The summed E-state index contributed by atoms with van der Waals surface area (Å²) in [5, 5.41) is 2.82. The molecule has 5 N–H and O–H groups in total. The molecule has 10 heteroatoms. The highest BCUT2D eigenvalue weighted by Crippen LogP contribution is 2.27. The quantitative estimate of drug-likeness (QED) is 0.567. The summed E-state index contributed by atoms with van der Waals surface area (Å²) < 4.78 is 9.42. The van der Waals surface area contributed by atoms with E-state index in [9.17, 15) is 14.4 Å². The standard InChI is InChI=1S/C21H27N5O4S/c1-12(2)13-5-7-14(8-6-13)26(11-16(27)24-10-15-4-3-9-30-15)21(29)19-17(22)18(20(23)28)25-31-19/h5-8,12,15H,3-4,9-11,22H2,1-2H3,(H2,23,28)(H,24,27). The lowest BCUT2D eigenvalue weighted by atomic mass is 10.0. The molecule has 1 fully saturated rings. The van der Waals surface area contributed by atoms with Gasteiger partial charge in [0.05, 0.1) is 11.8 Å². The summed E-state index contributed by atoms with van der Waals surface area (Å²) in [5.41, 5.74) is 12.6. The van der Waals surface area contributed by atoms with Crippen molar-refractivity contribution in [2.75, 3.05) is 30.3 Å². The van der Waals surface area contributed by atoms with Crippen molar-refractivity contribution in [3.63, 3.8) is 0 Å². The Balaban J connectivity index is 1.83. The van der Waals surface area contributed by atoms with Crippen LogP contribution in [0.2, 0.25) is 0 Å². The molecule has 166 valence electrons. The summed E-state index contributed by atoms with van der Waals surface area (Å²) in [6.07, 6.45) is 1.86. The van der Waals surface area contributed by atoms with Crippen LogP contribution >= 0.6 is 11.5 Å². The molecule has 1 aromatic carbocycles. The second kappa shape index (κ2) is 9.88. The molecule has 0 saturated carbocycles. The van der Waals surface area contributed by atoms with Gasteiger partial charge in [0.1, 0.15) is 11.4 Å². The smallest absolute Gasteiger partial charge is 0.272 e. The molecule has 1 saturated heterocycles. The Hall–Kier alpha value is -2.98. The molecule has 1 aliphatic heterocycles. The Labute approximate surface area is 184 Å². The van der Waals surface area contributed by atoms with Gasteiger partial charge in [-0.1, -0.05) is 26.0 Å². The van der Waals surface area contributed by atoms with Gasteiger partial charge in [0.2, 0.25) is 5.91 Å². The van der Waals surface area contributed by atoms with Gasteiger partial charge in [0, 0.05) is 18.8 Å². The average Bonchev–Trinajstić information content (AvgIpc) is 3.39. The lowest BCUT2D eigenvalue weighted by Gasteiger charge is -2.23. The Bertz CT molecular complexity index is 951. The molecule has 31 heavy (non-hydrogen) atoms. The van der Waals surface area contributed by atoms with E-state index in [-0.39, 0.29) is 34.8 Å². The maximum Gasteiger partial charge on any atom is 0.272 e. The highest BCUT2D eigenvalue weighted by atomic mass is 32.1. The van der Waals surface area contributed by atoms with Gasteiger partial charge in [-0.05, 0) is 48.0 Å². The van der Waals surface area contributed by atoms with Crippen molar-refractivity contribution in [3.05, 3.63) is 40.4 Å². The molecule has 1 aromatic heterocycles. The molecule has 3 amide bonds. The fraction of sp³-hybridized carbons (Fsp3) is 0.429. The van der Waals surface area contributed by atoms with E-state index in [4.69, 9.17) is 16.2 Å². The molecule has 2 aromatic rings. The average molecular weight is 446 g/mol. The first-order chi connectivity index (χ1) is 14.8. The first-order valence-corrected chi connectivity index (χ1v) is 10.9. The number of nitrogens with zero attached hydrogens (tertiary/aromatic N) is 2. The first kappa shape index (κ1) is 22.7. The monoisotopic (exact) mass is 445 g/mol. The van der Waals surface area contributed by atoms with Crippen LogP contribution in [0, 0.1) is 0 Å². The maximum atomic E-state index is 13.3. The van der Waals surface area contributed by atoms with E-state index in [2.05, 4.69) is 23.5 Å². The van der Waals surface area contributed by atoms with Gasteiger partial charge in [0.25, 0.3) is 11.8 Å². The van der Waals surface area contributed by atoms with Gasteiger partial charge in [-0.25, -0.2) is 0 Å². The van der Waals surface area contributed by atoms with Gasteiger partial charge in [-0.2, -0.15) is 4.37 Å². The lowest BCUT2D eigenvalue weighted by molar-refractivity contribution is -0.120. The van der Waals surface area contributed by atoms with Crippen molar-refractivity contribution in [1.29, 1.82) is 0 Å². The number of hydrogen-bond donors (Lipinski definition) is 3. The van der Waals surface area contributed by atoms with E-state index in [1.807, 2.05) is 12.1 Å². The van der Waals surface area contributed by atoms with Crippen molar-refractivity contribution in [1.82, 2.24) is 9.69 Å². The summed E-state index contributed by atoms with van der Waals surface area (Å²) in [6, 6.07) is 7.39. The Morgan fingerprint density at radius 3 is 2.55 bits per heavy atom. The van der Waals surface area contributed by atoms with E-state index < -0.39 is 11.8 Å². The molecular formula is C21H27N5O4S. The number of nitrogens with one attached hydrogen (secondary N) is 1. The third-order valence-corrected chi connectivity index (χ3v) is 5.98. The van der Waals surface area contributed by atoms with Crippen LogP contribution in [0.4, 0.5) is 11.4 Å². The van der Waals surface area contributed by atoms with Crippen molar-refractivity contribution < 1.29 is 19.1 Å². The predicted molar refractivity (Wildman–Crippen MR) is 119 cm³/mol. The number of amides is 3. The molecule has 1 aliphatic rings. The van der Waals surface area contributed by atoms with Crippen LogP contribution in [0.25, 0.3) is 0 Å². The van der Waals surface area contributed by atoms with Crippen LogP contribution in [-0.4, -0.2) is 47.9 Å². The van der Waals surface area contributed by atoms with Crippen molar-refractivity contribution >= 4 is 40.6 Å². The van der Waals surface area contributed by atoms with Crippen molar-refractivity contribution in [2.45, 2.75) is 38.7 Å². The lowest BCUT2D eigenvalue weighted by Crippen LogP contribution is -2.43. The van der Waals surface area contributed by atoms with E-state index in [0.717, 1.165) is 29.9 Å². The fourth-order valence-electron chi connectivity index (χ4n) is 3.30. The number of benzene rings is 1. The number of hydrogen-bond acceptors (Lipinski definition) is 7. The predicted octanol–water partition coefficient (Wildman–Crippen LogP) is 1.89. The number of nitrogens with two attached hydrogens (primary N) is 2. The normalized spacial score (nSPS) is 15.8. The number of nitrogen functional groups attached to an aromatic ring is 1. The van der Waals surface area contributed by atoms with Gasteiger partial charge in [-0.15, -0.1) is 0 Å². The molecule has 0 bridgehead atoms. The summed E-state index contributed by atoms with van der Waals surface area (Å²) >= 11 is 0.786. The van der Waals surface area contributed by atoms with Crippen LogP contribution in [0.5, 0.6) is 0 Å². The van der Waals surface area contributed by atoms with Gasteiger partial charge in [0.15, 0.2) is 5.69 Å². The number of anilines is 2. The third-order valence-electron chi connectivity index (χ3n) is 5.12. The zero-order valence-corrected chi connectivity index (χ0v) is 18.4. The minimum absolute atomic E-state index is 0.00584. The van der Waals surface area contributed by atoms with Crippen LogP contribution in [-0.2, 0) is 9.53 Å². The zero-order valence-electron chi connectivity index (χ0n) is 17.6. The number of aromatic nitrogens is 1. The largest absolute Gasteiger partial charge is 0.395 e. The number of carbonyl (C=O) groups excluding carboxylic acids is 3. The molecule has 9 nitrogen and oxygen atoms in total. The number of rotatable bonds is 8. The summed E-state index contributed by atoms with van der Waals surface area (Å²) in [5.74, 6) is -1.33. The van der Waals surface area contributed by atoms with Gasteiger partial charge >= 0.3 is 0 Å². The maximum absolute atomic E-state index is 13.3. The second-order valence-corrected chi connectivity index (χ2v) is 8.49. The topological polar surface area (TPSA) is 141 Å². The number of carbonyl (C=O) groups is 3. The van der Waals surface area contributed by atoms with Gasteiger partial charge < -0.3 is 21.5 Å². The zero-order chi connectivity index (χ0) is 22.5. The Morgan fingerprint density at radius 2 is 2.00 bits per heavy atom. The van der Waals surface area contributed by atoms with Crippen LogP contribution < -0.4 is 21.7 Å². The molecule has 0 spiro atoms. The second-order valence-electron chi connectivity index (χ2n) is 7.71. The number of primary amides is 1. The van der Waals surface area contributed by atoms with E-state index in [1.165, 1.54) is 4.90 Å². The minimum atomic E-state index is -0.810. The van der Waals surface area contributed by atoms with Gasteiger partial charge in [-0.3, -0.25) is 19.3 Å². The van der Waals surface area contributed by atoms with Crippen LogP contribution in [0.3, 0.4) is 0 Å². The van der Waals surface area contributed by atoms with E-state index in [1.54, 1.807) is 12.1 Å². The summed E-state index contributed by atoms with van der Waals surface area (Å²) in [7, 11) is 0. The van der Waals surface area contributed by atoms with Crippen molar-refractivity contribution in [2.24, 2.45) is 5.73 Å². The third kappa shape index (κ3) is 5.39. The van der Waals surface area contributed by atoms with Crippen LogP contribution in [0.1, 0.15) is 58.3 Å². The first-order valence-electron chi connectivity index (χ1n) is 10.1. The molecular weight excluding hydrogens is 418 g/mol. The van der Waals surface area contributed by atoms with E-state index in [0.29, 0.717) is 24.8 Å². The molecule has 2 heterocycles. The fourth-order valence-corrected chi connectivity index (χ4v) is 4.06. The number of ether oxygens (including phenoxy) is 1. The van der Waals surface area contributed by atoms with E-state index >= 15 is 0 Å². The minimum Gasteiger partial charge on any atom is -0.395 e. The molecule has 1 atom stereocenters. The Morgan fingerprint density at radius 1 is 1.29 bits per heavy atom. The molecule has 1 unspecified atom stereocenters. The highest BCUT2D eigenvalue weighted by molar-refractivity contribution is 7.09. The molecule has 0 radical (unpaired) electrons. The highest BCUT2D eigenvalue weighted by Gasteiger charge is 2.28. The Kier molecular flexibility index (Phi) is 7.24. The van der Waals surface area contributed by atoms with Crippen LogP contribution in [0.15, 0.2) is 24.3 Å². The SMILES string of the molecule is CC(C)c1ccc(N(CC(=O)NCC2CCCO2)C(=O)c2snc(C(N)=O)c2N)cc1. The van der Waals surface area contributed by atoms with Crippen molar-refractivity contribution in [3.8, 4) is 0 Å². The molecule has 0 aliphatic carbocycles.